The zero-order valence-electron chi connectivity index (χ0n) is 11.0. The Morgan fingerprint density at radius 2 is 2.16 bits per heavy atom. The lowest BCUT2D eigenvalue weighted by atomic mass is 9.94. The van der Waals surface area contributed by atoms with Gasteiger partial charge in [0.05, 0.1) is 12.3 Å². The fourth-order valence-electron chi connectivity index (χ4n) is 2.56. The molecule has 1 aliphatic carbocycles. The number of nitrogens with two attached hydrogens (primary N) is 1. The molecular weight excluding hydrogens is 238 g/mol. The molecule has 1 aliphatic heterocycles. The fourth-order valence-corrected chi connectivity index (χ4v) is 2.56. The molecule has 0 saturated carbocycles. The first-order valence-electron chi connectivity index (χ1n) is 6.57. The van der Waals surface area contributed by atoms with Crippen LogP contribution < -0.4 is 5.73 Å². The van der Waals surface area contributed by atoms with Crippen LogP contribution >= 0.6 is 0 Å². The van der Waals surface area contributed by atoms with Gasteiger partial charge in [0.25, 0.3) is 0 Å². The average molecular weight is 255 g/mol. The maximum atomic E-state index is 5.80. The first-order valence-corrected chi connectivity index (χ1v) is 6.57. The highest BCUT2D eigenvalue weighted by Crippen LogP contribution is 2.34. The Hall–Kier alpha value is -2.10. The molecule has 0 amide bonds. The summed E-state index contributed by atoms with van der Waals surface area (Å²) in [5.41, 5.74) is 10.1. The summed E-state index contributed by atoms with van der Waals surface area (Å²) >= 11 is 0. The first kappa shape index (κ1) is 12.0. The zero-order chi connectivity index (χ0) is 13.2. The van der Waals surface area contributed by atoms with E-state index in [1.54, 1.807) is 0 Å². The molecule has 0 radical (unpaired) electrons. The van der Waals surface area contributed by atoms with Crippen molar-refractivity contribution in [1.82, 2.24) is 9.97 Å². The fraction of sp³-hybridized carbons (Fsp3) is 0.333. The summed E-state index contributed by atoms with van der Waals surface area (Å²) < 4.78 is 5.80. The van der Waals surface area contributed by atoms with E-state index < -0.39 is 0 Å². The third kappa shape index (κ3) is 2.38. The monoisotopic (exact) mass is 255 g/mol. The number of anilines is 1. The molecule has 0 fully saturated rings. The van der Waals surface area contributed by atoms with E-state index in [9.17, 15) is 0 Å². The molecule has 2 N–H and O–H groups in total. The molecule has 0 spiro atoms. The molecule has 1 aromatic rings. The van der Waals surface area contributed by atoms with E-state index in [0.717, 1.165) is 43.0 Å². The lowest BCUT2D eigenvalue weighted by molar-refractivity contribution is 0.221. The number of nitrogen functional groups attached to an aromatic ring is 1. The Labute approximate surface area is 112 Å². The maximum absolute atomic E-state index is 5.80. The molecule has 4 nitrogen and oxygen atoms in total. The Bertz CT molecular complexity index is 579. The predicted octanol–water partition coefficient (Wildman–Crippen LogP) is 2.78. The number of hydrogen-bond donors (Lipinski definition) is 1. The van der Waals surface area contributed by atoms with Crippen molar-refractivity contribution >= 4 is 11.5 Å². The van der Waals surface area contributed by atoms with Crippen molar-refractivity contribution in [2.24, 2.45) is 0 Å². The summed E-state index contributed by atoms with van der Waals surface area (Å²) in [6, 6.07) is 2.00. The first-order chi connectivity index (χ1) is 9.24. The standard InChI is InChI=1S/C15H17N3O/c1-10-9-13(18-15(16)17-10)11-6-4-8-19-14-7-3-2-5-12(11)14/h2-3,7,9H,4-6,8H2,1H3,(H2,16,17,18). The average Bonchev–Trinajstić information content (AvgIpc) is 2.59. The van der Waals surface area contributed by atoms with E-state index in [4.69, 9.17) is 10.5 Å². The van der Waals surface area contributed by atoms with Crippen LogP contribution in [0.5, 0.6) is 0 Å². The second-order valence-electron chi connectivity index (χ2n) is 4.83. The molecule has 0 bridgehead atoms. The van der Waals surface area contributed by atoms with Crippen LogP contribution in [-0.2, 0) is 4.74 Å². The highest BCUT2D eigenvalue weighted by atomic mass is 16.5. The second-order valence-corrected chi connectivity index (χ2v) is 4.83. The summed E-state index contributed by atoms with van der Waals surface area (Å²) in [5.74, 6) is 1.31. The van der Waals surface area contributed by atoms with E-state index >= 15 is 0 Å². The van der Waals surface area contributed by atoms with E-state index in [0.29, 0.717) is 5.95 Å². The third-order valence-electron chi connectivity index (χ3n) is 3.38. The predicted molar refractivity (Wildman–Crippen MR) is 75.1 cm³/mol. The second kappa shape index (κ2) is 4.88. The minimum absolute atomic E-state index is 0.338. The topological polar surface area (TPSA) is 61.0 Å². The minimum Gasteiger partial charge on any atom is -0.493 e. The number of aromatic nitrogens is 2. The zero-order valence-corrected chi connectivity index (χ0v) is 11.0. The summed E-state index contributed by atoms with van der Waals surface area (Å²) in [4.78, 5) is 8.53. The van der Waals surface area contributed by atoms with Crippen LogP contribution in [0.4, 0.5) is 5.95 Å². The van der Waals surface area contributed by atoms with Crippen LogP contribution in [0.25, 0.3) is 5.57 Å². The maximum Gasteiger partial charge on any atom is 0.220 e. The lowest BCUT2D eigenvalue weighted by Gasteiger charge is -2.15. The molecule has 98 valence electrons. The van der Waals surface area contributed by atoms with Crippen LogP contribution in [0.15, 0.2) is 35.6 Å². The minimum atomic E-state index is 0.338. The number of nitrogens with zero attached hydrogens (tertiary/aromatic N) is 2. The van der Waals surface area contributed by atoms with Gasteiger partial charge >= 0.3 is 0 Å². The molecule has 4 heteroatoms. The van der Waals surface area contributed by atoms with Gasteiger partial charge in [-0.05, 0) is 43.9 Å². The van der Waals surface area contributed by atoms with Crippen molar-refractivity contribution in [3.8, 4) is 0 Å². The van der Waals surface area contributed by atoms with Crippen molar-refractivity contribution in [3.05, 3.63) is 47.0 Å². The third-order valence-corrected chi connectivity index (χ3v) is 3.38. The molecule has 0 unspecified atom stereocenters. The van der Waals surface area contributed by atoms with Gasteiger partial charge in [-0.3, -0.25) is 0 Å². The Balaban J connectivity index is 2.12. The summed E-state index contributed by atoms with van der Waals surface area (Å²) in [5, 5.41) is 0. The van der Waals surface area contributed by atoms with Crippen LogP contribution in [0.2, 0.25) is 0 Å². The number of allylic oxidation sites excluding steroid dienone is 5. The molecule has 19 heavy (non-hydrogen) atoms. The lowest BCUT2D eigenvalue weighted by Crippen LogP contribution is -2.03. The van der Waals surface area contributed by atoms with Gasteiger partial charge in [0.1, 0.15) is 5.76 Å². The smallest absolute Gasteiger partial charge is 0.220 e. The highest BCUT2D eigenvalue weighted by Gasteiger charge is 2.20. The van der Waals surface area contributed by atoms with Gasteiger partial charge in [-0.15, -0.1) is 0 Å². The summed E-state index contributed by atoms with van der Waals surface area (Å²) in [7, 11) is 0. The highest BCUT2D eigenvalue weighted by molar-refractivity contribution is 5.71. The number of ether oxygens (including phenoxy) is 1. The van der Waals surface area contributed by atoms with Crippen LogP contribution in [0.1, 0.15) is 30.7 Å². The molecule has 1 aromatic heterocycles. The molecular formula is C15H17N3O. The number of hydrogen-bond acceptors (Lipinski definition) is 4. The van der Waals surface area contributed by atoms with E-state index in [1.165, 1.54) is 11.1 Å². The number of rotatable bonds is 1. The normalized spacial score (nSPS) is 18.5. The van der Waals surface area contributed by atoms with Crippen LogP contribution in [0.3, 0.4) is 0 Å². The van der Waals surface area contributed by atoms with Gasteiger partial charge in [-0.2, -0.15) is 0 Å². The molecule has 2 aliphatic rings. The largest absolute Gasteiger partial charge is 0.493 e. The molecule has 2 heterocycles. The van der Waals surface area contributed by atoms with Crippen molar-refractivity contribution in [3.63, 3.8) is 0 Å². The van der Waals surface area contributed by atoms with Gasteiger partial charge in [0, 0.05) is 11.3 Å². The van der Waals surface area contributed by atoms with Gasteiger partial charge < -0.3 is 10.5 Å². The summed E-state index contributed by atoms with van der Waals surface area (Å²) in [6.45, 7) is 2.70. The van der Waals surface area contributed by atoms with Crippen molar-refractivity contribution in [2.45, 2.75) is 26.2 Å². The number of fused-ring (bicyclic) bond motifs is 1. The van der Waals surface area contributed by atoms with E-state index in [1.807, 2.05) is 25.1 Å². The Morgan fingerprint density at radius 1 is 1.26 bits per heavy atom. The van der Waals surface area contributed by atoms with Crippen molar-refractivity contribution in [2.75, 3.05) is 12.3 Å². The van der Waals surface area contributed by atoms with E-state index in [2.05, 4.69) is 16.0 Å². The SMILES string of the molecule is Cc1cc(C2=C3CC=CC=C3OCCC2)nc(N)n1. The molecule has 0 atom stereocenters. The summed E-state index contributed by atoms with van der Waals surface area (Å²) in [6.07, 6.45) is 9.08. The molecule has 3 rings (SSSR count). The molecule has 0 aromatic carbocycles. The van der Waals surface area contributed by atoms with Gasteiger partial charge in [0.2, 0.25) is 5.95 Å². The van der Waals surface area contributed by atoms with Crippen LogP contribution in [-0.4, -0.2) is 16.6 Å². The Kier molecular flexibility index (Phi) is 3.07. The Morgan fingerprint density at radius 3 is 3.00 bits per heavy atom. The van der Waals surface area contributed by atoms with E-state index in [-0.39, 0.29) is 0 Å². The van der Waals surface area contributed by atoms with Gasteiger partial charge in [-0.1, -0.05) is 12.2 Å². The van der Waals surface area contributed by atoms with Crippen LogP contribution in [0, 0.1) is 6.92 Å². The van der Waals surface area contributed by atoms with Crippen molar-refractivity contribution in [1.29, 1.82) is 0 Å². The number of aryl methyl sites for hydroxylation is 1. The van der Waals surface area contributed by atoms with Crippen molar-refractivity contribution < 1.29 is 4.74 Å². The van der Waals surface area contributed by atoms with Gasteiger partial charge in [0.15, 0.2) is 0 Å². The molecule has 0 saturated heterocycles. The quantitative estimate of drug-likeness (QED) is 0.838. The van der Waals surface area contributed by atoms with Gasteiger partial charge in [-0.25, -0.2) is 9.97 Å².